The molecular weight excluding hydrogens is 350 g/mol. The van der Waals surface area contributed by atoms with E-state index in [2.05, 4.69) is 15.8 Å². The smallest absolute Gasteiger partial charge is 0.259 e. The predicted molar refractivity (Wildman–Crippen MR) is 113 cm³/mol. The van der Waals surface area contributed by atoms with Crippen molar-refractivity contribution in [3.8, 4) is 5.75 Å². The number of carbonyl (C=O) groups is 1. The van der Waals surface area contributed by atoms with E-state index in [0.717, 1.165) is 28.1 Å². The lowest BCUT2D eigenvalue weighted by atomic mass is 10.2. The fourth-order valence-electron chi connectivity index (χ4n) is 2.55. The van der Waals surface area contributed by atoms with E-state index in [0.29, 0.717) is 6.61 Å². The number of amides is 1. The van der Waals surface area contributed by atoms with Crippen LogP contribution in [0, 0.1) is 6.92 Å². The van der Waals surface area contributed by atoms with Crippen LogP contribution in [0.1, 0.15) is 16.7 Å². The summed E-state index contributed by atoms with van der Waals surface area (Å²) in [6.07, 6.45) is 1.60. The Morgan fingerprint density at radius 1 is 1.00 bits per heavy atom. The predicted octanol–water partition coefficient (Wildman–Crippen LogP) is 4.14. The molecule has 3 aromatic carbocycles. The SMILES string of the molecule is Cc1cccc(NCC(=O)N/N=C/c2ccc(OCc3ccccc3)cc2)c1. The van der Waals surface area contributed by atoms with Crippen molar-refractivity contribution >= 4 is 17.8 Å². The van der Waals surface area contributed by atoms with Crippen molar-refractivity contribution in [3.63, 3.8) is 0 Å². The van der Waals surface area contributed by atoms with Gasteiger partial charge < -0.3 is 10.1 Å². The van der Waals surface area contributed by atoms with Crippen molar-refractivity contribution in [1.82, 2.24) is 5.43 Å². The van der Waals surface area contributed by atoms with E-state index in [1.54, 1.807) is 6.21 Å². The van der Waals surface area contributed by atoms with Crippen molar-refractivity contribution < 1.29 is 9.53 Å². The van der Waals surface area contributed by atoms with Crippen LogP contribution in [-0.2, 0) is 11.4 Å². The Hall–Kier alpha value is -3.60. The van der Waals surface area contributed by atoms with E-state index in [9.17, 15) is 4.79 Å². The standard InChI is InChI=1S/C23H23N3O2/c1-18-6-5-9-21(14-18)24-16-23(27)26-25-15-19-10-12-22(13-11-19)28-17-20-7-3-2-4-8-20/h2-15,24H,16-17H2,1H3,(H,26,27)/b25-15+. The first-order valence-electron chi connectivity index (χ1n) is 9.08. The lowest BCUT2D eigenvalue weighted by Crippen LogP contribution is -2.25. The van der Waals surface area contributed by atoms with Crippen LogP contribution in [0.2, 0.25) is 0 Å². The molecule has 0 fully saturated rings. The van der Waals surface area contributed by atoms with Crippen molar-refractivity contribution in [2.75, 3.05) is 11.9 Å². The van der Waals surface area contributed by atoms with Gasteiger partial charge in [-0.2, -0.15) is 5.10 Å². The number of nitrogens with zero attached hydrogens (tertiary/aromatic N) is 1. The zero-order chi connectivity index (χ0) is 19.6. The highest BCUT2D eigenvalue weighted by atomic mass is 16.5. The first-order valence-corrected chi connectivity index (χ1v) is 9.08. The van der Waals surface area contributed by atoms with Crippen molar-refractivity contribution in [3.05, 3.63) is 95.6 Å². The highest BCUT2D eigenvalue weighted by molar-refractivity contribution is 5.84. The van der Waals surface area contributed by atoms with E-state index in [4.69, 9.17) is 4.74 Å². The van der Waals surface area contributed by atoms with Gasteiger partial charge in [0.25, 0.3) is 5.91 Å². The van der Waals surface area contributed by atoms with Crippen molar-refractivity contribution in [2.45, 2.75) is 13.5 Å². The Balaban J connectivity index is 1.42. The monoisotopic (exact) mass is 373 g/mol. The molecule has 5 nitrogen and oxygen atoms in total. The second-order valence-corrected chi connectivity index (χ2v) is 6.36. The summed E-state index contributed by atoms with van der Waals surface area (Å²) < 4.78 is 5.75. The molecule has 0 aliphatic carbocycles. The molecule has 0 aromatic heterocycles. The van der Waals surface area contributed by atoms with Gasteiger partial charge in [-0.05, 0) is 60.0 Å². The molecule has 3 rings (SSSR count). The maximum atomic E-state index is 11.9. The van der Waals surface area contributed by atoms with Crippen LogP contribution < -0.4 is 15.5 Å². The number of benzene rings is 3. The second-order valence-electron chi connectivity index (χ2n) is 6.36. The summed E-state index contributed by atoms with van der Waals surface area (Å²) in [4.78, 5) is 11.9. The Kier molecular flexibility index (Phi) is 6.79. The minimum Gasteiger partial charge on any atom is -0.489 e. The summed E-state index contributed by atoms with van der Waals surface area (Å²) in [7, 11) is 0. The normalized spacial score (nSPS) is 10.6. The summed E-state index contributed by atoms with van der Waals surface area (Å²) in [6.45, 7) is 2.69. The fourth-order valence-corrected chi connectivity index (χ4v) is 2.55. The van der Waals surface area contributed by atoms with Gasteiger partial charge in [-0.1, -0.05) is 42.5 Å². The van der Waals surface area contributed by atoms with Crippen molar-refractivity contribution in [1.29, 1.82) is 0 Å². The molecule has 0 spiro atoms. The van der Waals surface area contributed by atoms with E-state index in [-0.39, 0.29) is 12.5 Å². The Morgan fingerprint density at radius 2 is 1.79 bits per heavy atom. The lowest BCUT2D eigenvalue weighted by Gasteiger charge is -2.06. The largest absolute Gasteiger partial charge is 0.489 e. The number of anilines is 1. The molecule has 5 heteroatoms. The molecule has 0 saturated carbocycles. The number of rotatable bonds is 8. The number of aryl methyl sites for hydroxylation is 1. The quantitative estimate of drug-likeness (QED) is 0.461. The summed E-state index contributed by atoms with van der Waals surface area (Å²) >= 11 is 0. The molecular formula is C23H23N3O2. The third-order valence-electron chi connectivity index (χ3n) is 4.00. The van der Waals surface area contributed by atoms with Crippen LogP contribution in [0.15, 0.2) is 84.0 Å². The van der Waals surface area contributed by atoms with Crippen LogP contribution in [0.5, 0.6) is 5.75 Å². The van der Waals surface area contributed by atoms with Crippen LogP contribution in [0.25, 0.3) is 0 Å². The van der Waals surface area contributed by atoms with Crippen LogP contribution >= 0.6 is 0 Å². The molecule has 28 heavy (non-hydrogen) atoms. The van der Waals surface area contributed by atoms with Gasteiger partial charge in [0.05, 0.1) is 12.8 Å². The fraction of sp³-hybridized carbons (Fsp3) is 0.130. The minimum absolute atomic E-state index is 0.160. The number of carbonyl (C=O) groups excluding carboxylic acids is 1. The second kappa shape index (κ2) is 9.92. The molecule has 0 atom stereocenters. The molecule has 0 radical (unpaired) electrons. The molecule has 0 heterocycles. The van der Waals surface area contributed by atoms with Crippen LogP contribution in [-0.4, -0.2) is 18.7 Å². The Labute approximate surface area is 165 Å². The lowest BCUT2D eigenvalue weighted by molar-refractivity contribution is -0.119. The average molecular weight is 373 g/mol. The third-order valence-corrected chi connectivity index (χ3v) is 4.00. The van der Waals surface area contributed by atoms with Gasteiger partial charge in [0.2, 0.25) is 0 Å². The summed E-state index contributed by atoms with van der Waals surface area (Å²) in [5.41, 5.74) is 6.55. The van der Waals surface area contributed by atoms with Gasteiger partial charge in [-0.25, -0.2) is 5.43 Å². The van der Waals surface area contributed by atoms with E-state index < -0.39 is 0 Å². The topological polar surface area (TPSA) is 62.7 Å². The average Bonchev–Trinajstić information content (AvgIpc) is 2.72. The van der Waals surface area contributed by atoms with Crippen LogP contribution in [0.4, 0.5) is 5.69 Å². The molecule has 0 unspecified atom stereocenters. The van der Waals surface area contributed by atoms with Gasteiger partial charge in [0, 0.05) is 5.69 Å². The third kappa shape index (κ3) is 6.29. The van der Waals surface area contributed by atoms with Crippen molar-refractivity contribution in [2.24, 2.45) is 5.10 Å². The number of hydrogen-bond acceptors (Lipinski definition) is 4. The Bertz CT molecular complexity index is 922. The molecule has 0 aliphatic rings. The minimum atomic E-state index is -0.208. The highest BCUT2D eigenvalue weighted by Gasteiger charge is 2.00. The maximum Gasteiger partial charge on any atom is 0.259 e. The van der Waals surface area contributed by atoms with Gasteiger partial charge in [-0.3, -0.25) is 4.79 Å². The number of hydrogen-bond donors (Lipinski definition) is 2. The van der Waals surface area contributed by atoms with Gasteiger partial charge in [0.15, 0.2) is 0 Å². The molecule has 0 bridgehead atoms. The molecule has 2 N–H and O–H groups in total. The molecule has 3 aromatic rings. The first kappa shape index (κ1) is 19.2. The van der Waals surface area contributed by atoms with E-state index in [1.165, 1.54) is 0 Å². The zero-order valence-electron chi connectivity index (χ0n) is 15.8. The number of hydrazone groups is 1. The summed E-state index contributed by atoms with van der Waals surface area (Å²) in [5.74, 6) is 0.577. The Morgan fingerprint density at radius 3 is 2.54 bits per heavy atom. The first-order chi connectivity index (χ1) is 13.7. The van der Waals surface area contributed by atoms with E-state index in [1.807, 2.05) is 85.8 Å². The van der Waals surface area contributed by atoms with Gasteiger partial charge >= 0.3 is 0 Å². The summed E-state index contributed by atoms with van der Waals surface area (Å²) in [5, 5.41) is 7.06. The van der Waals surface area contributed by atoms with Crippen LogP contribution in [0.3, 0.4) is 0 Å². The molecule has 0 saturated heterocycles. The van der Waals surface area contributed by atoms with E-state index >= 15 is 0 Å². The van der Waals surface area contributed by atoms with Gasteiger partial charge in [-0.15, -0.1) is 0 Å². The zero-order valence-corrected chi connectivity index (χ0v) is 15.8. The molecule has 142 valence electrons. The maximum absolute atomic E-state index is 11.9. The van der Waals surface area contributed by atoms with Gasteiger partial charge in [0.1, 0.15) is 12.4 Å². The summed E-state index contributed by atoms with van der Waals surface area (Å²) in [6, 6.07) is 25.4. The highest BCUT2D eigenvalue weighted by Crippen LogP contribution is 2.13. The number of nitrogens with one attached hydrogen (secondary N) is 2. The molecule has 0 aliphatic heterocycles. The molecule has 1 amide bonds. The number of ether oxygens (including phenoxy) is 1.